The number of amides is 1. The summed E-state index contributed by atoms with van der Waals surface area (Å²) in [6.07, 6.45) is 5.18. The molecule has 1 amide bonds. The number of ether oxygens (including phenoxy) is 1. The number of hydrogen-bond donors (Lipinski definition) is 1. The first-order valence-corrected chi connectivity index (χ1v) is 9.48. The standard InChI is InChI=1S/C20H24ClN3O3/c1-27-19-13-24(14-20(26)22-16-7-5-6-15(21)10-16)17(11-18(19)25)12-23-8-3-2-4-9-23/h5-7,10-11,13H,2-4,8-9,12,14H2,1H3,(H,22,26). The first kappa shape index (κ1) is 19.5. The normalized spacial score (nSPS) is 14.7. The number of nitrogens with zero attached hydrogens (tertiary/aromatic N) is 2. The molecule has 0 spiro atoms. The van der Waals surface area contributed by atoms with Gasteiger partial charge in [0.2, 0.25) is 11.3 Å². The minimum atomic E-state index is -0.192. The van der Waals surface area contributed by atoms with Crippen LogP contribution in [0.3, 0.4) is 0 Å². The van der Waals surface area contributed by atoms with Gasteiger partial charge in [-0.05, 0) is 44.1 Å². The summed E-state index contributed by atoms with van der Waals surface area (Å²) < 4.78 is 6.94. The van der Waals surface area contributed by atoms with E-state index in [-0.39, 0.29) is 23.6 Å². The van der Waals surface area contributed by atoms with Crippen molar-refractivity contribution in [1.29, 1.82) is 0 Å². The SMILES string of the molecule is COc1cn(CC(=O)Nc2cccc(Cl)c2)c(CN2CCCCC2)cc1=O. The molecule has 0 radical (unpaired) electrons. The molecule has 1 N–H and O–H groups in total. The van der Waals surface area contributed by atoms with Crippen LogP contribution in [0.4, 0.5) is 5.69 Å². The van der Waals surface area contributed by atoms with Gasteiger partial charge in [0, 0.05) is 29.0 Å². The summed E-state index contributed by atoms with van der Waals surface area (Å²) in [5, 5.41) is 3.40. The molecule has 1 aromatic carbocycles. The Kier molecular flexibility index (Phi) is 6.53. The molecule has 1 fully saturated rings. The highest BCUT2D eigenvalue weighted by Gasteiger charge is 2.16. The lowest BCUT2D eigenvalue weighted by Gasteiger charge is -2.27. The number of hydrogen-bond acceptors (Lipinski definition) is 4. The van der Waals surface area contributed by atoms with E-state index in [0.29, 0.717) is 17.3 Å². The van der Waals surface area contributed by atoms with E-state index in [1.54, 1.807) is 41.1 Å². The summed E-state index contributed by atoms with van der Waals surface area (Å²) in [4.78, 5) is 27.0. The molecule has 1 saturated heterocycles. The molecule has 144 valence electrons. The van der Waals surface area contributed by atoms with Gasteiger partial charge in [0.1, 0.15) is 6.54 Å². The first-order valence-electron chi connectivity index (χ1n) is 9.10. The quantitative estimate of drug-likeness (QED) is 0.824. The topological polar surface area (TPSA) is 63.6 Å². The van der Waals surface area contributed by atoms with Gasteiger partial charge in [-0.1, -0.05) is 24.1 Å². The summed E-state index contributed by atoms with van der Waals surface area (Å²) in [7, 11) is 1.46. The number of likely N-dealkylation sites (tertiary alicyclic amines) is 1. The molecule has 1 aliphatic heterocycles. The first-order chi connectivity index (χ1) is 13.0. The lowest BCUT2D eigenvalue weighted by Crippen LogP contribution is -2.32. The Bertz CT molecular complexity index is 860. The van der Waals surface area contributed by atoms with Crippen LogP contribution in [-0.2, 0) is 17.9 Å². The summed E-state index contributed by atoms with van der Waals surface area (Å²) in [5.74, 6) is 0.0378. The van der Waals surface area contributed by atoms with Gasteiger partial charge < -0.3 is 14.6 Å². The maximum atomic E-state index is 12.5. The van der Waals surface area contributed by atoms with E-state index in [1.807, 2.05) is 0 Å². The predicted octanol–water partition coefficient (Wildman–Crippen LogP) is 3.13. The molecule has 1 aromatic heterocycles. The van der Waals surface area contributed by atoms with E-state index in [2.05, 4.69) is 10.2 Å². The van der Waals surface area contributed by atoms with Crippen LogP contribution in [0.5, 0.6) is 5.75 Å². The van der Waals surface area contributed by atoms with Gasteiger partial charge in [-0.15, -0.1) is 0 Å². The van der Waals surface area contributed by atoms with Gasteiger partial charge in [-0.25, -0.2) is 0 Å². The molecule has 0 aliphatic carbocycles. The molecular weight excluding hydrogens is 366 g/mol. The maximum absolute atomic E-state index is 12.5. The maximum Gasteiger partial charge on any atom is 0.244 e. The molecule has 3 rings (SSSR count). The Balaban J connectivity index is 1.78. The number of aromatic nitrogens is 1. The van der Waals surface area contributed by atoms with E-state index in [4.69, 9.17) is 16.3 Å². The molecule has 27 heavy (non-hydrogen) atoms. The van der Waals surface area contributed by atoms with E-state index < -0.39 is 0 Å². The number of benzene rings is 1. The van der Waals surface area contributed by atoms with Gasteiger partial charge in [0.25, 0.3) is 0 Å². The molecule has 0 saturated carbocycles. The third-order valence-electron chi connectivity index (χ3n) is 4.66. The minimum absolute atomic E-state index is 0.0896. The smallest absolute Gasteiger partial charge is 0.244 e. The van der Waals surface area contributed by atoms with Crippen molar-refractivity contribution < 1.29 is 9.53 Å². The number of rotatable bonds is 6. The number of methoxy groups -OCH3 is 1. The Labute approximate surface area is 163 Å². The second-order valence-electron chi connectivity index (χ2n) is 6.72. The molecule has 0 atom stereocenters. The van der Waals surface area contributed by atoms with Crippen LogP contribution in [0.15, 0.2) is 41.3 Å². The fraction of sp³-hybridized carbons (Fsp3) is 0.400. The third-order valence-corrected chi connectivity index (χ3v) is 4.89. The summed E-state index contributed by atoms with van der Waals surface area (Å²) >= 11 is 5.97. The van der Waals surface area contributed by atoms with Crippen molar-refractivity contribution in [3.8, 4) is 5.75 Å². The van der Waals surface area contributed by atoms with Gasteiger partial charge in [-0.2, -0.15) is 0 Å². The number of carbonyl (C=O) groups is 1. The van der Waals surface area contributed by atoms with Crippen LogP contribution in [0, 0.1) is 0 Å². The van der Waals surface area contributed by atoms with Crippen LogP contribution in [0.25, 0.3) is 0 Å². The average Bonchev–Trinajstić information content (AvgIpc) is 2.64. The van der Waals surface area contributed by atoms with Crippen molar-refractivity contribution in [2.75, 3.05) is 25.5 Å². The van der Waals surface area contributed by atoms with Crippen LogP contribution < -0.4 is 15.5 Å². The lowest BCUT2D eigenvalue weighted by atomic mass is 10.1. The molecule has 7 heteroatoms. The van der Waals surface area contributed by atoms with Crippen LogP contribution in [0.2, 0.25) is 5.02 Å². The number of piperidine rings is 1. The Morgan fingerprint density at radius 3 is 2.70 bits per heavy atom. The molecular formula is C20H24ClN3O3. The largest absolute Gasteiger partial charge is 0.491 e. The molecule has 0 bridgehead atoms. The fourth-order valence-corrected chi connectivity index (χ4v) is 3.49. The summed E-state index contributed by atoms with van der Waals surface area (Å²) in [5.41, 5.74) is 1.28. The van der Waals surface area contributed by atoms with Crippen molar-refractivity contribution in [3.63, 3.8) is 0 Å². The minimum Gasteiger partial charge on any atom is -0.491 e. The Morgan fingerprint density at radius 2 is 2.00 bits per heavy atom. The molecule has 2 heterocycles. The van der Waals surface area contributed by atoms with Gasteiger partial charge in [-0.3, -0.25) is 14.5 Å². The summed E-state index contributed by atoms with van der Waals surface area (Å²) in [6, 6.07) is 8.58. The van der Waals surface area contributed by atoms with Gasteiger partial charge in [0.05, 0.1) is 13.3 Å². The second-order valence-corrected chi connectivity index (χ2v) is 7.16. The van der Waals surface area contributed by atoms with Crippen molar-refractivity contribution in [2.24, 2.45) is 0 Å². The number of nitrogens with one attached hydrogen (secondary N) is 1. The fourth-order valence-electron chi connectivity index (χ4n) is 3.30. The predicted molar refractivity (Wildman–Crippen MR) is 106 cm³/mol. The third kappa shape index (κ3) is 5.34. The zero-order valence-corrected chi connectivity index (χ0v) is 16.2. The second kappa shape index (κ2) is 9.06. The van der Waals surface area contributed by atoms with Gasteiger partial charge in [0.15, 0.2) is 5.75 Å². The zero-order chi connectivity index (χ0) is 19.2. The highest BCUT2D eigenvalue weighted by molar-refractivity contribution is 6.30. The van der Waals surface area contributed by atoms with Crippen molar-refractivity contribution in [2.45, 2.75) is 32.4 Å². The zero-order valence-electron chi connectivity index (χ0n) is 15.4. The van der Waals surface area contributed by atoms with Crippen molar-refractivity contribution in [3.05, 3.63) is 57.5 Å². The molecule has 6 nitrogen and oxygen atoms in total. The highest BCUT2D eigenvalue weighted by Crippen LogP contribution is 2.16. The van der Waals surface area contributed by atoms with E-state index in [9.17, 15) is 9.59 Å². The highest BCUT2D eigenvalue weighted by atomic mass is 35.5. The molecule has 2 aromatic rings. The van der Waals surface area contributed by atoms with Crippen LogP contribution in [-0.4, -0.2) is 35.6 Å². The van der Waals surface area contributed by atoms with Crippen molar-refractivity contribution in [1.82, 2.24) is 9.47 Å². The average molecular weight is 390 g/mol. The molecule has 1 aliphatic rings. The van der Waals surface area contributed by atoms with Crippen LogP contribution in [0.1, 0.15) is 25.0 Å². The number of anilines is 1. The Hall–Kier alpha value is -2.31. The number of pyridine rings is 1. The van der Waals surface area contributed by atoms with E-state index in [0.717, 1.165) is 31.6 Å². The Morgan fingerprint density at radius 1 is 1.22 bits per heavy atom. The molecule has 0 unspecified atom stereocenters. The van der Waals surface area contributed by atoms with E-state index >= 15 is 0 Å². The van der Waals surface area contributed by atoms with Crippen LogP contribution >= 0.6 is 11.6 Å². The monoisotopic (exact) mass is 389 g/mol. The van der Waals surface area contributed by atoms with E-state index in [1.165, 1.54) is 13.5 Å². The number of carbonyl (C=O) groups excluding carboxylic acids is 1. The number of halogens is 1. The van der Waals surface area contributed by atoms with Crippen molar-refractivity contribution >= 4 is 23.2 Å². The lowest BCUT2D eigenvalue weighted by molar-refractivity contribution is -0.116. The van der Waals surface area contributed by atoms with Gasteiger partial charge >= 0.3 is 0 Å². The summed E-state index contributed by atoms with van der Waals surface area (Å²) in [6.45, 7) is 2.75.